The van der Waals surface area contributed by atoms with E-state index >= 15 is 0 Å². The lowest BCUT2D eigenvalue weighted by Gasteiger charge is -2.10. The lowest BCUT2D eigenvalue weighted by atomic mass is 10.3. The van der Waals surface area contributed by atoms with Gasteiger partial charge in [-0.05, 0) is 12.1 Å². The van der Waals surface area contributed by atoms with Crippen LogP contribution in [0.15, 0.2) is 24.3 Å². The van der Waals surface area contributed by atoms with E-state index in [1.165, 1.54) is 25.3 Å². The summed E-state index contributed by atoms with van der Waals surface area (Å²) in [4.78, 5) is 0. The third-order valence-corrected chi connectivity index (χ3v) is 2.79. The Morgan fingerprint density at radius 3 is 2.65 bits per heavy atom. The molecule has 20 heavy (non-hydrogen) atoms. The molecule has 0 N–H and O–H groups in total. The van der Waals surface area contributed by atoms with E-state index in [0.29, 0.717) is 6.07 Å². The summed E-state index contributed by atoms with van der Waals surface area (Å²) in [5.74, 6) is 0.141. The van der Waals surface area contributed by atoms with Crippen molar-refractivity contribution in [3.05, 3.63) is 40.7 Å². The minimum Gasteiger partial charge on any atom is -0.493 e. The van der Waals surface area contributed by atoms with Crippen molar-refractivity contribution in [2.45, 2.75) is 6.18 Å². The highest BCUT2D eigenvalue weighted by atomic mass is 35.5. The fraction of sp³-hybridized carbons (Fsp3) is 0.167. The molecular weight excluding hydrogens is 295 g/mol. The van der Waals surface area contributed by atoms with Crippen molar-refractivity contribution in [2.75, 3.05) is 7.11 Å². The first-order chi connectivity index (χ1) is 9.38. The number of methoxy groups -OCH3 is 1. The molecular formula is C12H7ClF3N3O. The molecule has 4 nitrogen and oxygen atoms in total. The molecule has 0 aliphatic heterocycles. The third-order valence-electron chi connectivity index (χ3n) is 2.49. The number of hydrogen-bond donors (Lipinski definition) is 0. The number of aromatic nitrogens is 2. The maximum Gasteiger partial charge on any atom is 0.435 e. The number of benzene rings is 1. The van der Waals surface area contributed by atoms with Gasteiger partial charge < -0.3 is 4.74 Å². The molecule has 0 amide bonds. The highest BCUT2D eigenvalue weighted by Crippen LogP contribution is 2.34. The summed E-state index contributed by atoms with van der Waals surface area (Å²) in [5.41, 5.74) is -1.26. The molecule has 0 spiro atoms. The van der Waals surface area contributed by atoms with Crippen molar-refractivity contribution in [1.29, 1.82) is 5.26 Å². The zero-order valence-corrected chi connectivity index (χ0v) is 10.8. The lowest BCUT2D eigenvalue weighted by molar-refractivity contribution is -0.141. The van der Waals surface area contributed by atoms with Crippen LogP contribution in [0.5, 0.6) is 5.75 Å². The van der Waals surface area contributed by atoms with E-state index in [4.69, 9.17) is 21.6 Å². The number of hydrogen-bond acceptors (Lipinski definition) is 3. The van der Waals surface area contributed by atoms with Gasteiger partial charge in [0.15, 0.2) is 11.4 Å². The van der Waals surface area contributed by atoms with E-state index in [1.807, 2.05) is 0 Å². The molecule has 0 saturated carbocycles. The average Bonchev–Trinajstić information content (AvgIpc) is 2.82. The van der Waals surface area contributed by atoms with E-state index in [9.17, 15) is 13.2 Å². The van der Waals surface area contributed by atoms with Crippen LogP contribution in [-0.4, -0.2) is 16.9 Å². The highest BCUT2D eigenvalue weighted by Gasteiger charge is 2.35. The Morgan fingerprint density at radius 2 is 2.10 bits per heavy atom. The Balaban J connectivity index is 2.68. The molecule has 1 heterocycles. The molecule has 2 aromatic rings. The van der Waals surface area contributed by atoms with Crippen molar-refractivity contribution in [2.24, 2.45) is 0 Å². The lowest BCUT2D eigenvalue weighted by Crippen LogP contribution is -2.08. The van der Waals surface area contributed by atoms with Gasteiger partial charge in [0.25, 0.3) is 0 Å². The topological polar surface area (TPSA) is 50.8 Å². The summed E-state index contributed by atoms with van der Waals surface area (Å²) in [7, 11) is 1.32. The smallest absolute Gasteiger partial charge is 0.435 e. The molecule has 0 saturated heterocycles. The summed E-state index contributed by atoms with van der Waals surface area (Å²) in [6.07, 6.45) is -4.64. The third kappa shape index (κ3) is 2.42. The molecule has 0 unspecified atom stereocenters. The molecule has 2 rings (SSSR count). The molecule has 0 aliphatic carbocycles. The van der Waals surface area contributed by atoms with Gasteiger partial charge in [0, 0.05) is 6.07 Å². The summed E-state index contributed by atoms with van der Waals surface area (Å²) in [6, 6.07) is 6.83. The second-order valence-electron chi connectivity index (χ2n) is 3.73. The number of nitrogens with zero attached hydrogens (tertiary/aromatic N) is 3. The van der Waals surface area contributed by atoms with E-state index in [1.54, 1.807) is 6.07 Å². The Labute approximate surface area is 116 Å². The second kappa shape index (κ2) is 5.06. The molecule has 0 atom stereocenters. The fourth-order valence-corrected chi connectivity index (χ4v) is 1.90. The fourth-order valence-electron chi connectivity index (χ4n) is 1.65. The van der Waals surface area contributed by atoms with Crippen LogP contribution in [0.4, 0.5) is 13.2 Å². The first-order valence-electron chi connectivity index (χ1n) is 5.28. The minimum atomic E-state index is -4.64. The van der Waals surface area contributed by atoms with Gasteiger partial charge in [-0.1, -0.05) is 17.7 Å². The predicted molar refractivity (Wildman–Crippen MR) is 64.8 cm³/mol. The summed E-state index contributed by atoms with van der Waals surface area (Å²) in [5, 5.41) is 12.5. The molecule has 1 aromatic carbocycles. The van der Waals surface area contributed by atoms with Crippen molar-refractivity contribution in [3.63, 3.8) is 0 Å². The maximum absolute atomic E-state index is 12.7. The largest absolute Gasteiger partial charge is 0.493 e. The SMILES string of the molecule is COc1c(Cl)cccc1-n1nc(C(F)(F)F)cc1C#N. The van der Waals surface area contributed by atoms with E-state index < -0.39 is 11.9 Å². The zero-order valence-electron chi connectivity index (χ0n) is 10.1. The number of nitriles is 1. The number of rotatable bonds is 2. The van der Waals surface area contributed by atoms with Crippen LogP contribution < -0.4 is 4.74 Å². The standard InChI is InChI=1S/C12H7ClF3N3O/c1-20-11-8(13)3-2-4-9(11)19-7(6-17)5-10(18-19)12(14,15)16/h2-5H,1H3. The monoisotopic (exact) mass is 301 g/mol. The van der Waals surface area contributed by atoms with E-state index in [-0.39, 0.29) is 22.2 Å². The number of para-hydroxylation sites is 1. The minimum absolute atomic E-state index is 0.141. The van der Waals surface area contributed by atoms with Crippen molar-refractivity contribution < 1.29 is 17.9 Å². The van der Waals surface area contributed by atoms with Crippen LogP contribution in [0.3, 0.4) is 0 Å². The second-order valence-corrected chi connectivity index (χ2v) is 4.14. The molecule has 0 fully saturated rings. The molecule has 8 heteroatoms. The Bertz CT molecular complexity index is 688. The maximum atomic E-state index is 12.7. The van der Waals surface area contributed by atoms with Gasteiger partial charge in [-0.3, -0.25) is 0 Å². The van der Waals surface area contributed by atoms with Crippen molar-refractivity contribution in [3.8, 4) is 17.5 Å². The average molecular weight is 302 g/mol. The van der Waals surface area contributed by atoms with Gasteiger partial charge in [-0.2, -0.15) is 23.5 Å². The number of halogens is 4. The molecule has 1 aromatic heterocycles. The van der Waals surface area contributed by atoms with Crippen LogP contribution in [-0.2, 0) is 6.18 Å². The Morgan fingerprint density at radius 1 is 1.40 bits per heavy atom. The zero-order chi connectivity index (χ0) is 14.9. The van der Waals surface area contributed by atoms with Crippen LogP contribution in [0.1, 0.15) is 11.4 Å². The predicted octanol–water partition coefficient (Wildman–Crippen LogP) is 3.42. The molecule has 0 bridgehead atoms. The van der Waals surface area contributed by atoms with Crippen LogP contribution in [0.2, 0.25) is 5.02 Å². The summed E-state index contributed by atoms with van der Waals surface area (Å²) in [6.45, 7) is 0. The number of alkyl halides is 3. The first-order valence-corrected chi connectivity index (χ1v) is 5.66. The van der Waals surface area contributed by atoms with Crippen LogP contribution in [0, 0.1) is 11.3 Å². The Kier molecular flexibility index (Phi) is 3.59. The van der Waals surface area contributed by atoms with Gasteiger partial charge in [0.2, 0.25) is 0 Å². The van der Waals surface area contributed by atoms with Gasteiger partial charge in [0.1, 0.15) is 17.5 Å². The van der Waals surface area contributed by atoms with E-state index in [2.05, 4.69) is 5.10 Å². The van der Waals surface area contributed by atoms with Crippen LogP contribution in [0.25, 0.3) is 5.69 Å². The van der Waals surface area contributed by atoms with Gasteiger partial charge in [-0.25, -0.2) is 4.68 Å². The Hall–Kier alpha value is -2.20. The highest BCUT2D eigenvalue weighted by molar-refractivity contribution is 6.32. The van der Waals surface area contributed by atoms with Crippen molar-refractivity contribution in [1.82, 2.24) is 9.78 Å². The molecule has 104 valence electrons. The molecule has 0 radical (unpaired) electrons. The summed E-state index contributed by atoms with van der Waals surface area (Å²) >= 11 is 5.90. The molecule has 0 aliphatic rings. The van der Waals surface area contributed by atoms with Gasteiger partial charge in [-0.15, -0.1) is 0 Å². The first kappa shape index (κ1) is 14.2. The summed E-state index contributed by atoms with van der Waals surface area (Å²) < 4.78 is 43.9. The number of ether oxygens (including phenoxy) is 1. The van der Waals surface area contributed by atoms with Gasteiger partial charge in [0.05, 0.1) is 12.1 Å². The van der Waals surface area contributed by atoms with Crippen molar-refractivity contribution >= 4 is 11.6 Å². The van der Waals surface area contributed by atoms with E-state index in [0.717, 1.165) is 4.68 Å². The normalized spacial score (nSPS) is 11.2. The van der Waals surface area contributed by atoms with Crippen LogP contribution >= 0.6 is 11.6 Å². The quantitative estimate of drug-likeness (QED) is 0.854. The van der Waals surface area contributed by atoms with Gasteiger partial charge >= 0.3 is 6.18 Å².